The molecule has 12 nitrogen and oxygen atoms in total. The van der Waals surface area contributed by atoms with E-state index in [1.807, 2.05) is 0 Å². The monoisotopic (exact) mass is 821 g/mol. The minimum atomic E-state index is -5.03. The lowest BCUT2D eigenvalue weighted by Crippen LogP contribution is -2.29. The highest BCUT2D eigenvalue weighted by Crippen LogP contribution is 2.44. The molecule has 0 saturated heterocycles. The van der Waals surface area contributed by atoms with Crippen LogP contribution in [0, 0.1) is 5.41 Å². The number of fused-ring (bicyclic) bond motifs is 2. The van der Waals surface area contributed by atoms with Crippen LogP contribution in [0.5, 0.6) is 0 Å². The number of pyridine rings is 2. The van der Waals surface area contributed by atoms with Gasteiger partial charge in [0.15, 0.2) is 11.3 Å². The number of carbonyl (C=O) groups excluding carboxylic acids is 1. The predicted octanol–water partition coefficient (Wildman–Crippen LogP) is 8.09. The summed E-state index contributed by atoms with van der Waals surface area (Å²) in [5, 5.41) is 14.6. The summed E-state index contributed by atoms with van der Waals surface area (Å²) in [4.78, 5) is 46.7. The van der Waals surface area contributed by atoms with Gasteiger partial charge < -0.3 is 16.2 Å². The van der Waals surface area contributed by atoms with Crippen LogP contribution in [0.1, 0.15) is 43.9 Å². The molecule has 58 heavy (non-hydrogen) atoms. The summed E-state index contributed by atoms with van der Waals surface area (Å²) < 4.78 is 121. The van der Waals surface area contributed by atoms with E-state index in [2.05, 4.69) is 40.5 Å². The van der Waals surface area contributed by atoms with Crippen LogP contribution in [-0.4, -0.2) is 54.1 Å². The third-order valence-electron chi connectivity index (χ3n) is 8.13. The Morgan fingerprint density at radius 3 is 1.86 bits per heavy atom. The van der Waals surface area contributed by atoms with Crippen LogP contribution in [0.25, 0.3) is 44.6 Å². The Labute approximate surface area is 321 Å². The Morgan fingerprint density at radius 1 is 0.707 bits per heavy atom. The Hall–Kier alpha value is -6.38. The molecule has 2 aromatic carbocycles. The summed E-state index contributed by atoms with van der Waals surface area (Å²) >= 11 is 0. The van der Waals surface area contributed by atoms with Crippen molar-refractivity contribution in [1.82, 2.24) is 29.9 Å². The van der Waals surface area contributed by atoms with Gasteiger partial charge in [-0.3, -0.25) is 19.9 Å². The van der Waals surface area contributed by atoms with Gasteiger partial charge in [0, 0.05) is 29.7 Å². The van der Waals surface area contributed by atoms with E-state index < -0.39 is 57.5 Å². The summed E-state index contributed by atoms with van der Waals surface area (Å²) in [6.45, 7) is 5.27. The molecule has 6 rings (SSSR count). The lowest BCUT2D eigenvalue weighted by Gasteiger charge is -2.18. The second kappa shape index (κ2) is 16.2. The first-order valence-corrected chi connectivity index (χ1v) is 16.9. The first-order valence-electron chi connectivity index (χ1n) is 16.9. The van der Waals surface area contributed by atoms with Crippen molar-refractivity contribution in [3.05, 3.63) is 93.8 Å². The number of anilines is 3. The van der Waals surface area contributed by atoms with E-state index in [1.54, 1.807) is 20.8 Å². The van der Waals surface area contributed by atoms with E-state index in [9.17, 15) is 49.1 Å². The number of alkyl halides is 9. The molecule has 6 aromatic rings. The number of hydrogen-bond acceptors (Lipinski definition) is 10. The van der Waals surface area contributed by atoms with Crippen LogP contribution < -0.4 is 21.9 Å². The number of nitrogens with one attached hydrogen (secondary N) is 3. The van der Waals surface area contributed by atoms with Crippen LogP contribution >= 0.6 is 0 Å². The molecule has 21 heteroatoms. The van der Waals surface area contributed by atoms with Crippen LogP contribution in [0.4, 0.5) is 57.2 Å². The third-order valence-corrected chi connectivity index (χ3v) is 8.13. The van der Waals surface area contributed by atoms with Crippen molar-refractivity contribution in [2.45, 2.75) is 45.7 Å². The highest BCUT2D eigenvalue weighted by molar-refractivity contribution is 5.94. The number of amides is 1. The molecule has 0 unspecified atom stereocenters. The molecule has 0 fully saturated rings. The molecule has 0 aliphatic heterocycles. The fourth-order valence-electron chi connectivity index (χ4n) is 5.36. The normalized spacial score (nSPS) is 12.3. The number of benzene rings is 2. The van der Waals surface area contributed by atoms with Gasteiger partial charge in [-0.05, 0) is 48.9 Å². The van der Waals surface area contributed by atoms with Gasteiger partial charge in [-0.2, -0.15) is 54.5 Å². The maximum absolute atomic E-state index is 13.4. The average Bonchev–Trinajstić information content (AvgIpc) is 3.13. The first kappa shape index (κ1) is 42.8. The number of nitrogens with zero attached hydrogens (tertiary/aromatic N) is 5. The maximum atomic E-state index is 13.4. The molecular formula is C37H32F9N9O3. The van der Waals surface area contributed by atoms with Crippen molar-refractivity contribution in [2.75, 3.05) is 29.5 Å². The Morgan fingerprint density at radius 2 is 1.26 bits per heavy atom. The number of aromatic amines is 1. The highest BCUT2D eigenvalue weighted by Gasteiger charge is 2.41. The number of H-pyrrole nitrogens is 1. The van der Waals surface area contributed by atoms with E-state index in [0.717, 1.165) is 12.1 Å². The van der Waals surface area contributed by atoms with Crippen LogP contribution in [0.15, 0.2) is 71.5 Å². The van der Waals surface area contributed by atoms with Gasteiger partial charge in [-0.25, -0.2) is 9.97 Å². The van der Waals surface area contributed by atoms with Crippen molar-refractivity contribution in [3.63, 3.8) is 0 Å². The van der Waals surface area contributed by atoms with Gasteiger partial charge >= 0.3 is 18.5 Å². The average molecular weight is 822 g/mol. The van der Waals surface area contributed by atoms with Gasteiger partial charge in [-0.15, -0.1) is 0 Å². The van der Waals surface area contributed by atoms with E-state index >= 15 is 0 Å². The van der Waals surface area contributed by atoms with Crippen molar-refractivity contribution < 1.29 is 49.4 Å². The predicted molar refractivity (Wildman–Crippen MR) is 196 cm³/mol. The minimum absolute atomic E-state index is 0.0200. The molecule has 6 N–H and O–H groups in total. The number of nitrogens with two attached hydrogens (primary N) is 1. The topological polar surface area (TPSA) is 185 Å². The number of nitrogen functional groups attached to an aromatic ring is 1. The zero-order chi connectivity index (χ0) is 42.8. The van der Waals surface area contributed by atoms with Gasteiger partial charge in [0.05, 0.1) is 38.9 Å². The molecule has 4 heterocycles. The molecule has 0 spiro atoms. The van der Waals surface area contributed by atoms with Gasteiger partial charge in [0.1, 0.15) is 5.82 Å². The summed E-state index contributed by atoms with van der Waals surface area (Å²) in [7, 11) is 0. The zero-order valence-corrected chi connectivity index (χ0v) is 30.5. The molecule has 4 aromatic heterocycles. The number of rotatable bonds is 7. The summed E-state index contributed by atoms with van der Waals surface area (Å²) in [5.74, 6) is -0.566. The summed E-state index contributed by atoms with van der Waals surface area (Å²) in [6.07, 6.45) is -14.2. The minimum Gasteiger partial charge on any atom is -0.396 e. The fourth-order valence-corrected chi connectivity index (χ4v) is 5.36. The van der Waals surface area contributed by atoms with Crippen molar-refractivity contribution in [1.29, 1.82) is 0 Å². The standard InChI is InChI=1S/C19H17F3N4O2.C18H15F6N5O/c1-18(2,3)16(28)26-17-24-14-11(15(27)25-17)8-9-13(23-14)10-6-4-5-7-12(10)19(20,21)22;19-17(20,21)10-3-1-4-11(18(22,23)24)13(10)12-6-5-9-14(26-7-2-8-30)28-16(25)29-15(9)27-12/h4-9H,1-3H3,(H2,23,24,25,26,27,28);1,3-6,30H,2,7-8H2,(H3,25,26,27,28,29). The van der Waals surface area contributed by atoms with E-state index in [1.165, 1.54) is 36.4 Å². The van der Waals surface area contributed by atoms with Crippen LogP contribution in [-0.2, 0) is 23.3 Å². The number of aliphatic hydroxyl groups excluding tert-OH is 1. The second-order valence-corrected chi connectivity index (χ2v) is 13.5. The van der Waals surface area contributed by atoms with Crippen LogP contribution in [0.3, 0.4) is 0 Å². The molecule has 0 atom stereocenters. The number of hydrogen-bond donors (Lipinski definition) is 5. The van der Waals surface area contributed by atoms with E-state index in [-0.39, 0.29) is 63.6 Å². The zero-order valence-electron chi connectivity index (χ0n) is 30.5. The highest BCUT2D eigenvalue weighted by atomic mass is 19.4. The lowest BCUT2D eigenvalue weighted by atomic mass is 9.96. The molecule has 0 aliphatic rings. The quantitative estimate of drug-likeness (QED) is 0.0779. The number of aliphatic hydroxyl groups is 1. The number of carbonyl (C=O) groups is 1. The van der Waals surface area contributed by atoms with Crippen molar-refractivity contribution in [2.24, 2.45) is 5.41 Å². The SMILES string of the molecule is CC(C)(C)C(=O)Nc1nc2nc(-c3ccccc3C(F)(F)F)ccc2c(=O)[nH]1.Nc1nc(NCCCO)c2ccc(-c3c(C(F)(F)F)cccc3C(F)(F)F)nc2n1. The van der Waals surface area contributed by atoms with Gasteiger partial charge in [-0.1, -0.05) is 45.0 Å². The largest absolute Gasteiger partial charge is 0.417 e. The molecule has 0 radical (unpaired) electrons. The van der Waals surface area contributed by atoms with Gasteiger partial charge in [0.2, 0.25) is 17.8 Å². The third kappa shape index (κ3) is 9.76. The molecule has 306 valence electrons. The smallest absolute Gasteiger partial charge is 0.396 e. The maximum Gasteiger partial charge on any atom is 0.417 e. The number of aromatic nitrogens is 6. The first-order chi connectivity index (χ1) is 27.0. The van der Waals surface area contributed by atoms with Crippen molar-refractivity contribution in [3.8, 4) is 22.5 Å². The fraction of sp³-hybridized carbons (Fsp3) is 0.270. The summed E-state index contributed by atoms with van der Waals surface area (Å²) in [6, 6.07) is 11.8. The molecular weight excluding hydrogens is 789 g/mol. The van der Waals surface area contributed by atoms with E-state index in [4.69, 9.17) is 10.8 Å². The molecule has 0 bridgehead atoms. The second-order valence-electron chi connectivity index (χ2n) is 13.5. The van der Waals surface area contributed by atoms with Gasteiger partial charge in [0.25, 0.3) is 5.56 Å². The molecule has 0 saturated carbocycles. The Bertz CT molecular complexity index is 2500. The summed E-state index contributed by atoms with van der Waals surface area (Å²) in [5.41, 5.74) is -1.44. The van der Waals surface area contributed by atoms with Crippen molar-refractivity contribution >= 4 is 45.7 Å². The number of halogens is 9. The molecule has 1 amide bonds. The Balaban J connectivity index is 0.000000221. The van der Waals surface area contributed by atoms with E-state index in [0.29, 0.717) is 31.2 Å². The lowest BCUT2D eigenvalue weighted by molar-refractivity contribution is -0.142. The Kier molecular flexibility index (Phi) is 12.0. The molecule has 0 aliphatic carbocycles. The van der Waals surface area contributed by atoms with Crippen LogP contribution in [0.2, 0.25) is 0 Å².